The van der Waals surface area contributed by atoms with E-state index in [1.54, 1.807) is 30.3 Å². The number of alkyl carbamates (subject to hydrolysis) is 1. The van der Waals surface area contributed by atoms with Crippen molar-refractivity contribution in [2.24, 2.45) is 5.92 Å². The largest absolute Gasteiger partial charge is 0.445 e. The molecule has 2 N–H and O–H groups in total. The molecule has 1 saturated heterocycles. The van der Waals surface area contributed by atoms with Gasteiger partial charge in [0, 0.05) is 20.0 Å². The van der Waals surface area contributed by atoms with E-state index in [-0.39, 0.29) is 48.6 Å². The number of urea groups is 1. The molecule has 2 aliphatic rings. The van der Waals surface area contributed by atoms with Gasteiger partial charge in [-0.2, -0.15) is 13.2 Å². The maximum atomic E-state index is 15.4. The van der Waals surface area contributed by atoms with Crippen molar-refractivity contribution >= 4 is 23.2 Å². The van der Waals surface area contributed by atoms with E-state index in [2.05, 4.69) is 10.3 Å². The van der Waals surface area contributed by atoms with Gasteiger partial charge in [0.25, 0.3) is 0 Å². The average Bonchev–Trinajstić information content (AvgIpc) is 3.58. The number of benzene rings is 2. The second-order valence-electron chi connectivity index (χ2n) is 10.9. The smallest absolute Gasteiger partial charge is 0.410 e. The van der Waals surface area contributed by atoms with Crippen LogP contribution in [0.2, 0.25) is 0 Å². The number of aromatic nitrogens is 1. The molecule has 3 atom stereocenters. The average molecular weight is 629 g/mol. The van der Waals surface area contributed by atoms with Crippen LogP contribution in [-0.2, 0) is 16.1 Å². The summed E-state index contributed by atoms with van der Waals surface area (Å²) in [7, 11) is 1.28. The van der Waals surface area contributed by atoms with Gasteiger partial charge in [0.2, 0.25) is 11.8 Å². The summed E-state index contributed by atoms with van der Waals surface area (Å²) in [6.07, 6.45) is -6.37. The number of ether oxygens (including phenoxy) is 2. The van der Waals surface area contributed by atoms with E-state index in [0.717, 1.165) is 11.0 Å². The topological polar surface area (TPSA) is 106 Å². The van der Waals surface area contributed by atoms with Gasteiger partial charge >= 0.3 is 18.3 Å². The highest BCUT2D eigenvalue weighted by atomic mass is 19.4. The fourth-order valence-electron chi connectivity index (χ4n) is 5.56. The Morgan fingerprint density at radius 3 is 2.55 bits per heavy atom. The lowest BCUT2D eigenvalue weighted by atomic mass is 9.82. The second kappa shape index (κ2) is 12.5. The SMILES string of the molecule is COC[C@H](c1cc(F)c2oc([C@H](NC(=O)OCc3ccccc3)C3CCC(F)(F)CC3)nc2c1)N1C[C@@H](C(F)(F)F)NC1=O. The number of oxazole rings is 1. The Kier molecular flexibility index (Phi) is 8.95. The Bertz CT molecular complexity index is 1470. The van der Waals surface area contributed by atoms with Crippen molar-refractivity contribution in [1.29, 1.82) is 0 Å². The van der Waals surface area contributed by atoms with E-state index in [9.17, 15) is 31.5 Å². The number of hydrogen-bond donors (Lipinski definition) is 2. The molecule has 2 aromatic carbocycles. The first-order valence-corrected chi connectivity index (χ1v) is 13.9. The first-order valence-electron chi connectivity index (χ1n) is 13.9. The van der Waals surface area contributed by atoms with Crippen LogP contribution in [0.3, 0.4) is 0 Å². The molecule has 9 nitrogen and oxygen atoms in total. The lowest BCUT2D eigenvalue weighted by Crippen LogP contribution is -2.40. The highest BCUT2D eigenvalue weighted by Crippen LogP contribution is 2.42. The number of alkyl halides is 5. The number of nitrogens with one attached hydrogen (secondary N) is 2. The third kappa shape index (κ3) is 7.03. The van der Waals surface area contributed by atoms with E-state index < -0.39 is 73.5 Å². The highest BCUT2D eigenvalue weighted by molar-refractivity contribution is 5.79. The summed E-state index contributed by atoms with van der Waals surface area (Å²) >= 11 is 0. The fraction of sp³-hybridized carbons (Fsp3) is 0.483. The molecule has 1 saturated carbocycles. The number of methoxy groups -OCH3 is 1. The van der Waals surface area contributed by atoms with Crippen molar-refractivity contribution in [3.63, 3.8) is 0 Å². The van der Waals surface area contributed by atoms with Crippen molar-refractivity contribution in [3.8, 4) is 0 Å². The van der Waals surface area contributed by atoms with Gasteiger partial charge in [-0.05, 0) is 42.0 Å². The first-order chi connectivity index (χ1) is 20.8. The van der Waals surface area contributed by atoms with Crippen molar-refractivity contribution in [2.75, 3.05) is 20.3 Å². The molecular weight excluding hydrogens is 598 g/mol. The third-order valence-corrected chi connectivity index (χ3v) is 7.89. The van der Waals surface area contributed by atoms with Gasteiger partial charge in [-0.3, -0.25) is 0 Å². The molecular formula is C29H30F6N4O5. The maximum absolute atomic E-state index is 15.4. The molecule has 0 bridgehead atoms. The molecule has 2 heterocycles. The Morgan fingerprint density at radius 2 is 1.91 bits per heavy atom. The summed E-state index contributed by atoms with van der Waals surface area (Å²) in [5.74, 6) is -4.48. The summed E-state index contributed by atoms with van der Waals surface area (Å²) in [4.78, 5) is 30.5. The number of hydrogen-bond acceptors (Lipinski definition) is 6. The Labute approximate surface area is 247 Å². The predicted molar refractivity (Wildman–Crippen MR) is 143 cm³/mol. The van der Waals surface area contributed by atoms with Gasteiger partial charge < -0.3 is 29.4 Å². The number of carbonyl (C=O) groups is 2. The molecule has 0 spiro atoms. The van der Waals surface area contributed by atoms with Gasteiger partial charge in [-0.25, -0.2) is 27.7 Å². The van der Waals surface area contributed by atoms with Gasteiger partial charge in [0.15, 0.2) is 11.4 Å². The fourth-order valence-corrected chi connectivity index (χ4v) is 5.56. The molecule has 44 heavy (non-hydrogen) atoms. The number of rotatable bonds is 9. The van der Waals surface area contributed by atoms with Crippen molar-refractivity contribution in [3.05, 3.63) is 65.3 Å². The lowest BCUT2D eigenvalue weighted by Gasteiger charge is -2.32. The zero-order valence-corrected chi connectivity index (χ0v) is 23.5. The zero-order valence-electron chi connectivity index (χ0n) is 23.5. The Balaban J connectivity index is 1.43. The molecule has 1 aromatic heterocycles. The summed E-state index contributed by atoms with van der Waals surface area (Å²) in [5, 5.41) is 4.51. The van der Waals surface area contributed by atoms with Crippen LogP contribution in [0.25, 0.3) is 11.1 Å². The minimum Gasteiger partial charge on any atom is -0.445 e. The summed E-state index contributed by atoms with van der Waals surface area (Å²) in [5.41, 5.74) is 0.448. The summed E-state index contributed by atoms with van der Waals surface area (Å²) in [6, 6.07) is 5.94. The normalized spacial score (nSPS) is 20.4. The van der Waals surface area contributed by atoms with E-state index in [0.29, 0.717) is 5.56 Å². The third-order valence-electron chi connectivity index (χ3n) is 7.89. The number of carbonyl (C=O) groups excluding carboxylic acids is 2. The van der Waals surface area contributed by atoms with Crippen LogP contribution in [0.5, 0.6) is 0 Å². The molecule has 3 aromatic rings. The molecule has 0 unspecified atom stereocenters. The lowest BCUT2D eigenvalue weighted by molar-refractivity contribution is -0.150. The van der Waals surface area contributed by atoms with Crippen LogP contribution in [0, 0.1) is 11.7 Å². The molecule has 238 valence electrons. The van der Waals surface area contributed by atoms with Gasteiger partial charge in [0.1, 0.15) is 24.2 Å². The number of fused-ring (bicyclic) bond motifs is 1. The van der Waals surface area contributed by atoms with Crippen LogP contribution in [0.1, 0.15) is 54.8 Å². The van der Waals surface area contributed by atoms with Crippen LogP contribution >= 0.6 is 0 Å². The van der Waals surface area contributed by atoms with Crippen LogP contribution < -0.4 is 10.6 Å². The van der Waals surface area contributed by atoms with Crippen molar-refractivity contribution in [1.82, 2.24) is 20.5 Å². The predicted octanol–water partition coefficient (Wildman–Crippen LogP) is 6.40. The number of amides is 3. The second-order valence-corrected chi connectivity index (χ2v) is 10.9. The molecule has 5 rings (SSSR count). The first kappa shape index (κ1) is 31.4. The minimum atomic E-state index is -4.69. The van der Waals surface area contributed by atoms with E-state index in [1.807, 2.05) is 5.32 Å². The van der Waals surface area contributed by atoms with E-state index in [4.69, 9.17) is 13.9 Å². The van der Waals surface area contributed by atoms with E-state index >= 15 is 4.39 Å². The monoisotopic (exact) mass is 628 g/mol. The van der Waals surface area contributed by atoms with Crippen LogP contribution in [0.15, 0.2) is 46.9 Å². The molecule has 1 aliphatic heterocycles. The standard InChI is InChI=1S/C29H30F6N4O5/c1-42-15-21(39-13-22(29(33,34)35)37-26(39)40)18-11-19(30)24-20(12-18)36-25(44-24)23(17-7-9-28(31,32)10-8-17)38-27(41)43-14-16-5-3-2-4-6-16/h2-6,11-12,17,21-23H,7-10,13-15H2,1H3,(H,37,40)(H,38,41)/t21-,22+,23-/m1/s1. The molecule has 2 fully saturated rings. The Morgan fingerprint density at radius 1 is 1.20 bits per heavy atom. The number of halogens is 6. The van der Waals surface area contributed by atoms with Crippen molar-refractivity contribution < 1.29 is 49.8 Å². The summed E-state index contributed by atoms with van der Waals surface area (Å²) < 4.78 is 99.4. The minimum absolute atomic E-state index is 0.0173. The van der Waals surface area contributed by atoms with Gasteiger partial charge in [0.05, 0.1) is 19.2 Å². The van der Waals surface area contributed by atoms with E-state index in [1.165, 1.54) is 13.2 Å². The number of nitrogens with zero attached hydrogens (tertiary/aromatic N) is 2. The zero-order chi connectivity index (χ0) is 31.6. The molecule has 3 amide bonds. The van der Waals surface area contributed by atoms with Gasteiger partial charge in [-0.15, -0.1) is 0 Å². The van der Waals surface area contributed by atoms with Gasteiger partial charge in [-0.1, -0.05) is 30.3 Å². The molecule has 1 aliphatic carbocycles. The highest BCUT2D eigenvalue weighted by Gasteiger charge is 2.49. The van der Waals surface area contributed by atoms with Crippen molar-refractivity contribution in [2.45, 2.75) is 62.5 Å². The van der Waals surface area contributed by atoms with Crippen LogP contribution in [0.4, 0.5) is 35.9 Å². The quantitative estimate of drug-likeness (QED) is 0.266. The maximum Gasteiger partial charge on any atom is 0.410 e. The van der Waals surface area contributed by atoms with Crippen LogP contribution in [-0.4, -0.2) is 60.4 Å². The Hall–Kier alpha value is -4.01. The molecule has 0 radical (unpaired) electrons. The molecule has 15 heteroatoms. The summed E-state index contributed by atoms with van der Waals surface area (Å²) in [6.45, 7) is -1.03.